The van der Waals surface area contributed by atoms with Gasteiger partial charge in [0.2, 0.25) is 0 Å². The number of nitrogens with zero attached hydrogens (tertiary/aromatic N) is 3. The van der Waals surface area contributed by atoms with Crippen LogP contribution in [0.15, 0.2) is 29.2 Å². The molecule has 2 fully saturated rings. The Labute approximate surface area is 140 Å². The number of hydrogen-bond acceptors (Lipinski definition) is 4. The molecule has 5 nitrogen and oxygen atoms in total. The number of fused-ring (bicyclic) bond motifs is 3. The van der Waals surface area contributed by atoms with E-state index >= 15 is 0 Å². The van der Waals surface area contributed by atoms with Crippen molar-refractivity contribution in [3.05, 3.63) is 45.5 Å². The van der Waals surface area contributed by atoms with Crippen LogP contribution < -0.4 is 10.9 Å². The maximum absolute atomic E-state index is 12.3. The average molecular weight is 333 g/mol. The summed E-state index contributed by atoms with van der Waals surface area (Å²) in [5.74, 6) is 0. The third kappa shape index (κ3) is 3.01. The Hall–Kier alpha value is -1.43. The van der Waals surface area contributed by atoms with Gasteiger partial charge in [-0.05, 0) is 44.9 Å². The lowest BCUT2D eigenvalue weighted by molar-refractivity contribution is 0.164. The zero-order valence-electron chi connectivity index (χ0n) is 13.2. The highest BCUT2D eigenvalue weighted by Gasteiger charge is 2.35. The lowest BCUT2D eigenvalue weighted by atomic mass is 9.98. The van der Waals surface area contributed by atoms with Gasteiger partial charge in [-0.3, -0.25) is 14.1 Å². The normalized spacial score (nSPS) is 27.0. The summed E-state index contributed by atoms with van der Waals surface area (Å²) in [6, 6.07) is 7.07. The Kier molecular flexibility index (Phi) is 3.87. The number of pyridine rings is 1. The third-order valence-corrected chi connectivity index (χ3v) is 5.38. The van der Waals surface area contributed by atoms with Gasteiger partial charge in [-0.25, -0.2) is 4.98 Å². The number of nitrogens with one attached hydrogen (secondary N) is 1. The number of hydrogen-bond donors (Lipinski definition) is 1. The summed E-state index contributed by atoms with van der Waals surface area (Å²) in [5.41, 5.74) is 1.40. The number of piperidine rings is 1. The minimum absolute atomic E-state index is 0.0775. The van der Waals surface area contributed by atoms with Crippen molar-refractivity contribution in [3.8, 4) is 0 Å². The van der Waals surface area contributed by atoms with E-state index in [-0.39, 0.29) is 5.56 Å². The Morgan fingerprint density at radius 1 is 1.35 bits per heavy atom. The van der Waals surface area contributed by atoms with E-state index in [1.54, 1.807) is 24.4 Å². The first-order valence-corrected chi connectivity index (χ1v) is 8.60. The summed E-state index contributed by atoms with van der Waals surface area (Å²) >= 11 is 5.95. The van der Waals surface area contributed by atoms with Crippen molar-refractivity contribution in [2.75, 3.05) is 7.05 Å². The standard InChI is InChI=1S/C17H21ClN4O/c1-21(15-6-12-3-4-13(7-15)19-12)10-14-8-17(23)22-9-11(18)2-5-16(22)20-14/h2,5,8-9,12-13,15,19H,3-4,6-7,10H2,1H3. The predicted octanol–water partition coefficient (Wildman–Crippen LogP) is 2.06. The molecule has 2 saturated heterocycles. The van der Waals surface area contributed by atoms with E-state index in [4.69, 9.17) is 11.6 Å². The molecule has 2 aliphatic rings. The smallest absolute Gasteiger partial charge is 0.258 e. The zero-order chi connectivity index (χ0) is 16.0. The molecule has 1 N–H and O–H groups in total. The molecular weight excluding hydrogens is 312 g/mol. The Morgan fingerprint density at radius 3 is 2.83 bits per heavy atom. The van der Waals surface area contributed by atoms with Gasteiger partial charge in [0, 0.05) is 36.9 Å². The van der Waals surface area contributed by atoms with Crippen LogP contribution in [0, 0.1) is 0 Å². The Balaban J connectivity index is 1.55. The van der Waals surface area contributed by atoms with E-state index < -0.39 is 0 Å². The fourth-order valence-electron chi connectivity index (χ4n) is 3.98. The monoisotopic (exact) mass is 332 g/mol. The van der Waals surface area contributed by atoms with Gasteiger partial charge in [0.25, 0.3) is 5.56 Å². The second-order valence-electron chi connectivity index (χ2n) is 6.84. The van der Waals surface area contributed by atoms with Crippen LogP contribution in [0.2, 0.25) is 5.02 Å². The second-order valence-corrected chi connectivity index (χ2v) is 7.28. The molecule has 2 aromatic heterocycles. The summed E-state index contributed by atoms with van der Waals surface area (Å²) in [6.07, 6.45) is 6.59. The SMILES string of the molecule is CN(Cc1cc(=O)n2cc(Cl)ccc2n1)C1CC2CCC(C1)N2. The lowest BCUT2D eigenvalue weighted by Crippen LogP contribution is -2.46. The molecule has 2 atom stereocenters. The van der Waals surface area contributed by atoms with Crippen LogP contribution in [0.5, 0.6) is 0 Å². The van der Waals surface area contributed by atoms with Crippen LogP contribution in [-0.2, 0) is 6.54 Å². The van der Waals surface area contributed by atoms with E-state index in [1.807, 2.05) is 0 Å². The fourth-order valence-corrected chi connectivity index (χ4v) is 4.14. The van der Waals surface area contributed by atoms with Crippen LogP contribution >= 0.6 is 11.6 Å². The van der Waals surface area contributed by atoms with Crippen molar-refractivity contribution in [3.63, 3.8) is 0 Å². The van der Waals surface area contributed by atoms with E-state index in [0.717, 1.165) is 5.69 Å². The summed E-state index contributed by atoms with van der Waals surface area (Å²) < 4.78 is 1.50. The summed E-state index contributed by atoms with van der Waals surface area (Å²) in [6.45, 7) is 0.707. The molecule has 0 radical (unpaired) electrons. The zero-order valence-corrected chi connectivity index (χ0v) is 14.0. The summed E-state index contributed by atoms with van der Waals surface area (Å²) in [4.78, 5) is 19.2. The number of rotatable bonds is 3. The lowest BCUT2D eigenvalue weighted by Gasteiger charge is -2.35. The van der Waals surface area contributed by atoms with Crippen molar-refractivity contribution >= 4 is 17.2 Å². The first-order valence-electron chi connectivity index (χ1n) is 8.22. The highest BCUT2D eigenvalue weighted by atomic mass is 35.5. The summed E-state index contributed by atoms with van der Waals surface area (Å²) in [5, 5.41) is 4.21. The van der Waals surface area contributed by atoms with Gasteiger partial charge in [-0.1, -0.05) is 11.6 Å². The molecule has 122 valence electrons. The van der Waals surface area contributed by atoms with E-state index in [9.17, 15) is 4.79 Å². The first-order chi connectivity index (χ1) is 11.1. The maximum Gasteiger partial charge on any atom is 0.258 e. The van der Waals surface area contributed by atoms with Crippen LogP contribution in [0.25, 0.3) is 5.65 Å². The van der Waals surface area contributed by atoms with Crippen LogP contribution in [-0.4, -0.2) is 39.5 Å². The van der Waals surface area contributed by atoms with E-state index in [2.05, 4.69) is 22.2 Å². The van der Waals surface area contributed by atoms with Gasteiger partial charge < -0.3 is 5.32 Å². The van der Waals surface area contributed by atoms with Crippen LogP contribution in [0.3, 0.4) is 0 Å². The van der Waals surface area contributed by atoms with Gasteiger partial charge >= 0.3 is 0 Å². The maximum atomic E-state index is 12.3. The molecule has 0 saturated carbocycles. The molecular formula is C17H21ClN4O. The van der Waals surface area contributed by atoms with E-state index in [0.29, 0.717) is 35.3 Å². The molecule has 0 spiro atoms. The molecule has 2 bridgehead atoms. The molecule has 2 aliphatic heterocycles. The molecule has 0 aromatic carbocycles. The Morgan fingerprint density at radius 2 is 2.09 bits per heavy atom. The highest BCUT2D eigenvalue weighted by Crippen LogP contribution is 2.29. The predicted molar refractivity (Wildman–Crippen MR) is 90.9 cm³/mol. The number of aromatic nitrogens is 2. The minimum atomic E-state index is -0.0775. The molecule has 6 heteroatoms. The van der Waals surface area contributed by atoms with Gasteiger partial charge in [0.1, 0.15) is 5.65 Å². The second kappa shape index (κ2) is 5.89. The van der Waals surface area contributed by atoms with Crippen molar-refractivity contribution in [1.29, 1.82) is 0 Å². The average Bonchev–Trinajstić information content (AvgIpc) is 2.86. The largest absolute Gasteiger partial charge is 0.311 e. The van der Waals surface area contributed by atoms with E-state index in [1.165, 1.54) is 30.1 Å². The van der Waals surface area contributed by atoms with Crippen LogP contribution in [0.1, 0.15) is 31.4 Å². The molecule has 0 amide bonds. The Bertz CT molecular complexity index is 778. The minimum Gasteiger partial charge on any atom is -0.311 e. The molecule has 2 unspecified atom stereocenters. The van der Waals surface area contributed by atoms with Crippen LogP contribution in [0.4, 0.5) is 0 Å². The molecule has 0 aliphatic carbocycles. The van der Waals surface area contributed by atoms with Crippen molar-refractivity contribution in [1.82, 2.24) is 19.6 Å². The molecule has 2 aromatic rings. The van der Waals surface area contributed by atoms with Crippen molar-refractivity contribution in [2.24, 2.45) is 0 Å². The van der Waals surface area contributed by atoms with Gasteiger partial charge in [0.15, 0.2) is 0 Å². The topological polar surface area (TPSA) is 49.6 Å². The molecule has 4 rings (SSSR count). The fraction of sp³-hybridized carbons (Fsp3) is 0.529. The van der Waals surface area contributed by atoms with Gasteiger partial charge in [-0.2, -0.15) is 0 Å². The third-order valence-electron chi connectivity index (χ3n) is 5.16. The number of halogens is 1. The highest BCUT2D eigenvalue weighted by molar-refractivity contribution is 6.30. The van der Waals surface area contributed by atoms with Gasteiger partial charge in [-0.15, -0.1) is 0 Å². The van der Waals surface area contributed by atoms with Crippen molar-refractivity contribution < 1.29 is 0 Å². The molecule has 4 heterocycles. The van der Waals surface area contributed by atoms with Gasteiger partial charge in [0.05, 0.1) is 10.7 Å². The molecule has 23 heavy (non-hydrogen) atoms. The van der Waals surface area contributed by atoms with Crippen molar-refractivity contribution in [2.45, 2.75) is 50.4 Å². The first kappa shape index (κ1) is 15.1. The summed E-state index contributed by atoms with van der Waals surface area (Å²) in [7, 11) is 2.14. The quantitative estimate of drug-likeness (QED) is 0.934.